The number of amides is 1. The van der Waals surface area contributed by atoms with Crippen molar-refractivity contribution in [1.82, 2.24) is 19.3 Å². The number of hydrogen-bond donors (Lipinski definition) is 1. The van der Waals surface area contributed by atoms with Gasteiger partial charge in [-0.1, -0.05) is 41.4 Å². The van der Waals surface area contributed by atoms with Gasteiger partial charge in [0.05, 0.1) is 33.1 Å². The summed E-state index contributed by atoms with van der Waals surface area (Å²) in [5.41, 5.74) is 2.19. The van der Waals surface area contributed by atoms with Gasteiger partial charge in [-0.25, -0.2) is 22.9 Å². The summed E-state index contributed by atoms with van der Waals surface area (Å²) < 4.78 is 75.1. The molecule has 0 aliphatic rings. The van der Waals surface area contributed by atoms with Crippen LogP contribution in [0.15, 0.2) is 84.0 Å². The van der Waals surface area contributed by atoms with E-state index in [0.717, 1.165) is 11.6 Å². The number of ether oxygens (including phenoxy) is 1. The van der Waals surface area contributed by atoms with E-state index in [0.29, 0.717) is 33.7 Å². The van der Waals surface area contributed by atoms with Gasteiger partial charge in [-0.3, -0.25) is 9.55 Å². The second-order valence-corrected chi connectivity index (χ2v) is 11.3. The molecule has 0 aliphatic carbocycles. The Balaban J connectivity index is 1.65. The van der Waals surface area contributed by atoms with Crippen molar-refractivity contribution in [2.24, 2.45) is 0 Å². The molecule has 5 aromatic rings. The number of halogens is 4. The number of sulfonamides is 1. The van der Waals surface area contributed by atoms with E-state index >= 15 is 0 Å². The highest BCUT2D eigenvalue weighted by atomic mass is 35.5. The van der Waals surface area contributed by atoms with E-state index in [9.17, 15) is 26.4 Å². The maximum atomic E-state index is 13.6. The first-order valence-electron chi connectivity index (χ1n) is 12.5. The first kappa shape index (κ1) is 29.1. The second-order valence-electron chi connectivity index (χ2n) is 9.20. The fourth-order valence-corrected chi connectivity index (χ4v) is 5.86. The predicted octanol–water partition coefficient (Wildman–Crippen LogP) is 7.17. The van der Waals surface area contributed by atoms with Crippen LogP contribution < -0.4 is 4.72 Å². The Bertz CT molecular complexity index is 1910. The van der Waals surface area contributed by atoms with Crippen LogP contribution in [0.3, 0.4) is 0 Å². The van der Waals surface area contributed by atoms with Crippen LogP contribution >= 0.6 is 11.6 Å². The molecule has 0 atom stereocenters. The normalized spacial score (nSPS) is 12.0. The number of rotatable bonds is 6. The summed E-state index contributed by atoms with van der Waals surface area (Å²) in [7, 11) is -4.28. The number of fused-ring (bicyclic) bond motifs is 1. The van der Waals surface area contributed by atoms with Crippen LogP contribution in [0.25, 0.3) is 39.2 Å². The number of imidazole rings is 1. The van der Waals surface area contributed by atoms with E-state index in [1.165, 1.54) is 12.1 Å². The standard InChI is InChI=1S/C29H22ClF3N4O4S/c1-3-41-28(38)36-42(39,40)26-9-4-17(2)14-21(26)18-5-7-20(8-6-18)37-25-16-23(30)22(29(31,32)33)15-24(25)35-27(37)19-10-12-34-13-11-19/h4-16H,3H2,1-2H3,(H,36,38). The molecule has 216 valence electrons. The molecule has 0 saturated carbocycles. The van der Waals surface area contributed by atoms with Crippen molar-refractivity contribution < 1.29 is 31.1 Å². The third-order valence-electron chi connectivity index (χ3n) is 6.34. The van der Waals surface area contributed by atoms with Gasteiger partial charge < -0.3 is 4.74 Å². The average molecular weight is 615 g/mol. The highest BCUT2D eigenvalue weighted by Crippen LogP contribution is 2.39. The van der Waals surface area contributed by atoms with Gasteiger partial charge in [-0.15, -0.1) is 0 Å². The lowest BCUT2D eigenvalue weighted by Crippen LogP contribution is -2.31. The number of carbonyl (C=O) groups excluding carboxylic acids is 1. The molecule has 0 spiro atoms. The molecule has 0 radical (unpaired) electrons. The highest BCUT2D eigenvalue weighted by molar-refractivity contribution is 7.90. The minimum atomic E-state index is -4.67. The van der Waals surface area contributed by atoms with E-state index < -0.39 is 32.9 Å². The van der Waals surface area contributed by atoms with Gasteiger partial charge in [0.2, 0.25) is 0 Å². The lowest BCUT2D eigenvalue weighted by Gasteiger charge is -2.14. The summed E-state index contributed by atoms with van der Waals surface area (Å²) in [5.74, 6) is 0.355. The number of alkyl halides is 3. The zero-order valence-corrected chi connectivity index (χ0v) is 23.7. The summed E-state index contributed by atoms with van der Waals surface area (Å²) in [6.45, 7) is 3.35. The first-order valence-corrected chi connectivity index (χ1v) is 14.4. The van der Waals surface area contributed by atoms with Crippen LogP contribution in [0.2, 0.25) is 5.02 Å². The molecule has 1 N–H and O–H groups in total. The summed E-state index contributed by atoms with van der Waals surface area (Å²) in [4.78, 5) is 20.3. The lowest BCUT2D eigenvalue weighted by molar-refractivity contribution is -0.137. The molecule has 0 unspecified atom stereocenters. The van der Waals surface area contributed by atoms with Crippen molar-refractivity contribution in [1.29, 1.82) is 0 Å². The maximum Gasteiger partial charge on any atom is 0.421 e. The number of benzene rings is 3. The Morgan fingerprint density at radius 2 is 1.69 bits per heavy atom. The average Bonchev–Trinajstić information content (AvgIpc) is 3.30. The Morgan fingerprint density at radius 3 is 2.33 bits per heavy atom. The van der Waals surface area contributed by atoms with Crippen LogP contribution in [0, 0.1) is 6.92 Å². The summed E-state index contributed by atoms with van der Waals surface area (Å²) in [6.07, 6.45) is -2.68. The predicted molar refractivity (Wildman–Crippen MR) is 152 cm³/mol. The van der Waals surface area contributed by atoms with E-state index in [4.69, 9.17) is 16.3 Å². The van der Waals surface area contributed by atoms with E-state index in [1.807, 2.05) is 4.72 Å². The third-order valence-corrected chi connectivity index (χ3v) is 8.02. The molecule has 0 bridgehead atoms. The monoisotopic (exact) mass is 614 g/mol. The molecule has 2 aromatic heterocycles. The van der Waals surface area contributed by atoms with E-state index in [2.05, 4.69) is 9.97 Å². The van der Waals surface area contributed by atoms with Crippen molar-refractivity contribution in [2.75, 3.05) is 6.61 Å². The fourth-order valence-electron chi connectivity index (χ4n) is 4.49. The number of nitrogens with zero attached hydrogens (tertiary/aromatic N) is 3. The van der Waals surface area contributed by atoms with Crippen LogP contribution in [0.4, 0.5) is 18.0 Å². The third kappa shape index (κ3) is 5.68. The summed E-state index contributed by atoms with van der Waals surface area (Å²) in [5, 5.41) is -0.474. The van der Waals surface area contributed by atoms with Crippen LogP contribution in [-0.4, -0.2) is 35.7 Å². The van der Waals surface area contributed by atoms with Gasteiger partial charge >= 0.3 is 12.3 Å². The minimum absolute atomic E-state index is 0.00326. The zero-order chi connectivity index (χ0) is 30.2. The number of aromatic nitrogens is 3. The number of hydrogen-bond acceptors (Lipinski definition) is 6. The SMILES string of the molecule is CCOC(=O)NS(=O)(=O)c1ccc(C)cc1-c1ccc(-n2c(-c3ccncc3)nc3cc(C(F)(F)F)c(Cl)cc32)cc1. The van der Waals surface area contributed by atoms with Crippen molar-refractivity contribution in [3.8, 4) is 28.2 Å². The largest absolute Gasteiger partial charge is 0.449 e. The van der Waals surface area contributed by atoms with Gasteiger partial charge in [0.15, 0.2) is 0 Å². The number of nitrogens with one attached hydrogen (secondary N) is 1. The maximum absolute atomic E-state index is 13.6. The molecule has 1 amide bonds. The van der Waals surface area contributed by atoms with Crippen molar-refractivity contribution in [3.05, 3.63) is 95.3 Å². The number of carbonyl (C=O) groups is 1. The van der Waals surface area contributed by atoms with Crippen molar-refractivity contribution >= 4 is 38.8 Å². The molecule has 13 heteroatoms. The Morgan fingerprint density at radius 1 is 1.00 bits per heavy atom. The van der Waals surface area contributed by atoms with Crippen molar-refractivity contribution in [2.45, 2.75) is 24.9 Å². The Labute approximate surface area is 243 Å². The fraction of sp³-hybridized carbons (Fsp3) is 0.138. The van der Waals surface area contributed by atoms with E-state index in [1.54, 1.807) is 79.3 Å². The summed E-state index contributed by atoms with van der Waals surface area (Å²) >= 11 is 6.07. The Hall–Kier alpha value is -4.42. The molecule has 3 aromatic carbocycles. The van der Waals surface area contributed by atoms with Crippen LogP contribution in [0.5, 0.6) is 0 Å². The van der Waals surface area contributed by atoms with Gasteiger partial charge in [0, 0.05) is 29.2 Å². The molecule has 0 aliphatic heterocycles. The van der Waals surface area contributed by atoms with Crippen molar-refractivity contribution in [3.63, 3.8) is 0 Å². The molecule has 42 heavy (non-hydrogen) atoms. The molecular weight excluding hydrogens is 593 g/mol. The van der Waals surface area contributed by atoms with Crippen LogP contribution in [0.1, 0.15) is 18.1 Å². The number of pyridine rings is 1. The van der Waals surface area contributed by atoms with Gasteiger partial charge in [0.25, 0.3) is 10.0 Å². The smallest absolute Gasteiger partial charge is 0.421 e. The van der Waals surface area contributed by atoms with E-state index in [-0.39, 0.29) is 17.0 Å². The molecule has 2 heterocycles. The molecular formula is C29H22ClF3N4O4S. The zero-order valence-electron chi connectivity index (χ0n) is 22.1. The van der Waals surface area contributed by atoms with Gasteiger partial charge in [0.1, 0.15) is 5.82 Å². The molecule has 0 saturated heterocycles. The Kier molecular flexibility index (Phi) is 7.69. The minimum Gasteiger partial charge on any atom is -0.449 e. The molecule has 5 rings (SSSR count). The topological polar surface area (TPSA) is 103 Å². The van der Waals surface area contributed by atoms with Gasteiger partial charge in [-0.05, 0) is 61.9 Å². The van der Waals surface area contributed by atoms with Gasteiger partial charge in [-0.2, -0.15) is 13.2 Å². The summed E-state index contributed by atoms with van der Waals surface area (Å²) in [6, 6.07) is 16.9. The molecule has 8 nitrogen and oxygen atoms in total. The van der Waals surface area contributed by atoms with Crippen LogP contribution in [-0.2, 0) is 20.9 Å². The number of aryl methyl sites for hydroxylation is 1. The molecule has 0 fully saturated rings. The second kappa shape index (κ2) is 11.1. The highest BCUT2D eigenvalue weighted by Gasteiger charge is 2.34. The lowest BCUT2D eigenvalue weighted by atomic mass is 10.0. The first-order chi connectivity index (χ1) is 19.9. The quantitative estimate of drug-likeness (QED) is 0.217.